The standard InChI is InChI=1S/C8H18N2O2/c1-4-10(5-6-12-3)7(2)8(9)11/h7H,4-6H2,1-3H3,(H2,9,11). The van der Waals surface area contributed by atoms with Crippen molar-refractivity contribution in [1.82, 2.24) is 4.90 Å². The van der Waals surface area contributed by atoms with Crippen molar-refractivity contribution < 1.29 is 9.53 Å². The molecule has 12 heavy (non-hydrogen) atoms. The maximum absolute atomic E-state index is 10.8. The van der Waals surface area contributed by atoms with Crippen molar-refractivity contribution in [3.63, 3.8) is 0 Å². The second-order valence-electron chi connectivity index (χ2n) is 2.70. The van der Waals surface area contributed by atoms with Gasteiger partial charge in [-0.05, 0) is 13.5 Å². The van der Waals surface area contributed by atoms with Gasteiger partial charge in [0.2, 0.25) is 5.91 Å². The lowest BCUT2D eigenvalue weighted by Gasteiger charge is -2.24. The van der Waals surface area contributed by atoms with Crippen molar-refractivity contribution >= 4 is 5.91 Å². The Labute approximate surface area is 73.7 Å². The summed E-state index contributed by atoms with van der Waals surface area (Å²) in [6.07, 6.45) is 0. The number of likely N-dealkylation sites (N-methyl/N-ethyl adjacent to an activating group) is 1. The van der Waals surface area contributed by atoms with Crippen molar-refractivity contribution in [2.45, 2.75) is 19.9 Å². The van der Waals surface area contributed by atoms with E-state index < -0.39 is 0 Å². The van der Waals surface area contributed by atoms with Gasteiger partial charge in [0.25, 0.3) is 0 Å². The van der Waals surface area contributed by atoms with E-state index in [1.165, 1.54) is 0 Å². The minimum atomic E-state index is -0.284. The van der Waals surface area contributed by atoms with E-state index in [1.807, 2.05) is 18.7 Å². The molecule has 2 N–H and O–H groups in total. The third-order valence-electron chi connectivity index (χ3n) is 1.95. The fourth-order valence-electron chi connectivity index (χ4n) is 1.01. The molecule has 0 aromatic carbocycles. The van der Waals surface area contributed by atoms with Crippen LogP contribution in [0.15, 0.2) is 0 Å². The van der Waals surface area contributed by atoms with Gasteiger partial charge in [-0.15, -0.1) is 0 Å². The summed E-state index contributed by atoms with van der Waals surface area (Å²) in [6.45, 7) is 5.99. The maximum Gasteiger partial charge on any atom is 0.234 e. The Kier molecular flexibility index (Phi) is 5.66. The summed E-state index contributed by atoms with van der Waals surface area (Å²) in [5.41, 5.74) is 5.16. The van der Waals surface area contributed by atoms with E-state index in [0.29, 0.717) is 6.61 Å². The number of amides is 1. The number of methoxy groups -OCH3 is 1. The molecule has 0 aromatic rings. The van der Waals surface area contributed by atoms with Gasteiger partial charge in [-0.1, -0.05) is 6.92 Å². The van der Waals surface area contributed by atoms with Gasteiger partial charge in [-0.3, -0.25) is 9.69 Å². The lowest BCUT2D eigenvalue weighted by molar-refractivity contribution is -0.122. The number of hydrogen-bond donors (Lipinski definition) is 1. The number of primary amides is 1. The van der Waals surface area contributed by atoms with E-state index in [2.05, 4.69) is 0 Å². The van der Waals surface area contributed by atoms with E-state index in [1.54, 1.807) is 7.11 Å². The number of nitrogens with two attached hydrogens (primary N) is 1. The van der Waals surface area contributed by atoms with Crippen molar-refractivity contribution in [2.75, 3.05) is 26.8 Å². The molecule has 0 aliphatic heterocycles. The van der Waals surface area contributed by atoms with Gasteiger partial charge in [0.15, 0.2) is 0 Å². The Hall–Kier alpha value is -0.610. The van der Waals surface area contributed by atoms with Crippen molar-refractivity contribution in [3.8, 4) is 0 Å². The summed E-state index contributed by atoms with van der Waals surface area (Å²) in [6, 6.07) is -0.204. The number of rotatable bonds is 6. The largest absolute Gasteiger partial charge is 0.383 e. The van der Waals surface area contributed by atoms with Crippen molar-refractivity contribution in [2.24, 2.45) is 5.73 Å². The highest BCUT2D eigenvalue weighted by Crippen LogP contribution is 1.96. The molecule has 1 unspecified atom stereocenters. The first-order valence-corrected chi connectivity index (χ1v) is 4.15. The summed E-state index contributed by atoms with van der Waals surface area (Å²) >= 11 is 0. The van der Waals surface area contributed by atoms with Crippen molar-refractivity contribution in [1.29, 1.82) is 0 Å². The van der Waals surface area contributed by atoms with Crippen LogP contribution in [0.4, 0.5) is 0 Å². The lowest BCUT2D eigenvalue weighted by Crippen LogP contribution is -2.43. The minimum absolute atomic E-state index is 0.204. The summed E-state index contributed by atoms with van der Waals surface area (Å²) in [4.78, 5) is 12.8. The summed E-state index contributed by atoms with van der Waals surface area (Å²) < 4.78 is 4.91. The molecule has 0 bridgehead atoms. The first-order chi connectivity index (χ1) is 5.63. The van der Waals surface area contributed by atoms with Gasteiger partial charge in [-0.2, -0.15) is 0 Å². The zero-order valence-corrected chi connectivity index (χ0v) is 8.04. The topological polar surface area (TPSA) is 55.6 Å². The first-order valence-electron chi connectivity index (χ1n) is 4.15. The van der Waals surface area contributed by atoms with Crippen LogP contribution in [0.1, 0.15) is 13.8 Å². The predicted octanol–water partition coefficient (Wildman–Crippen LogP) is -0.171. The molecule has 1 atom stereocenters. The molecule has 0 radical (unpaired) electrons. The Morgan fingerprint density at radius 2 is 2.25 bits per heavy atom. The van der Waals surface area contributed by atoms with Gasteiger partial charge < -0.3 is 10.5 Å². The smallest absolute Gasteiger partial charge is 0.234 e. The molecule has 4 nitrogen and oxygen atoms in total. The van der Waals surface area contributed by atoms with Crippen LogP contribution in [-0.4, -0.2) is 43.7 Å². The number of carbonyl (C=O) groups is 1. The molecular formula is C8H18N2O2. The number of ether oxygens (including phenoxy) is 1. The highest BCUT2D eigenvalue weighted by Gasteiger charge is 2.15. The van der Waals surface area contributed by atoms with Crippen LogP contribution < -0.4 is 5.73 Å². The average molecular weight is 174 g/mol. The maximum atomic E-state index is 10.8. The SMILES string of the molecule is CCN(CCOC)C(C)C(N)=O. The molecule has 0 aliphatic rings. The Morgan fingerprint density at radius 3 is 2.58 bits per heavy atom. The zero-order valence-electron chi connectivity index (χ0n) is 8.04. The monoisotopic (exact) mass is 174 g/mol. The first kappa shape index (κ1) is 11.4. The molecule has 0 heterocycles. The van der Waals surface area contributed by atoms with E-state index in [4.69, 9.17) is 10.5 Å². The van der Waals surface area contributed by atoms with Gasteiger partial charge in [0.05, 0.1) is 12.6 Å². The van der Waals surface area contributed by atoms with Gasteiger partial charge >= 0.3 is 0 Å². The zero-order chi connectivity index (χ0) is 9.56. The summed E-state index contributed by atoms with van der Waals surface area (Å²) in [7, 11) is 1.64. The lowest BCUT2D eigenvalue weighted by atomic mass is 10.2. The Morgan fingerprint density at radius 1 is 1.67 bits per heavy atom. The molecule has 0 rings (SSSR count). The van der Waals surface area contributed by atoms with Crippen LogP contribution in [0, 0.1) is 0 Å². The number of nitrogens with zero attached hydrogens (tertiary/aromatic N) is 1. The van der Waals surface area contributed by atoms with E-state index >= 15 is 0 Å². The summed E-state index contributed by atoms with van der Waals surface area (Å²) in [5.74, 6) is -0.284. The predicted molar refractivity (Wildman–Crippen MR) is 47.8 cm³/mol. The second-order valence-corrected chi connectivity index (χ2v) is 2.70. The van der Waals surface area contributed by atoms with Gasteiger partial charge in [-0.25, -0.2) is 0 Å². The fourth-order valence-corrected chi connectivity index (χ4v) is 1.01. The van der Waals surface area contributed by atoms with Crippen LogP contribution >= 0.6 is 0 Å². The van der Waals surface area contributed by atoms with E-state index in [9.17, 15) is 4.79 Å². The van der Waals surface area contributed by atoms with Gasteiger partial charge in [0.1, 0.15) is 0 Å². The van der Waals surface area contributed by atoms with Crippen molar-refractivity contribution in [3.05, 3.63) is 0 Å². The van der Waals surface area contributed by atoms with Crippen LogP contribution in [0.5, 0.6) is 0 Å². The molecule has 0 saturated heterocycles. The van der Waals surface area contributed by atoms with Crippen LogP contribution in [-0.2, 0) is 9.53 Å². The Bertz CT molecular complexity index is 139. The third-order valence-corrected chi connectivity index (χ3v) is 1.95. The molecule has 0 saturated carbocycles. The third kappa shape index (κ3) is 3.69. The highest BCUT2D eigenvalue weighted by atomic mass is 16.5. The summed E-state index contributed by atoms with van der Waals surface area (Å²) in [5, 5.41) is 0. The highest BCUT2D eigenvalue weighted by molar-refractivity contribution is 5.79. The molecule has 0 aromatic heterocycles. The minimum Gasteiger partial charge on any atom is -0.383 e. The molecule has 0 spiro atoms. The van der Waals surface area contributed by atoms with Crippen LogP contribution in [0.25, 0.3) is 0 Å². The molecule has 4 heteroatoms. The molecular weight excluding hydrogens is 156 g/mol. The quantitative estimate of drug-likeness (QED) is 0.608. The van der Waals surface area contributed by atoms with Gasteiger partial charge in [0, 0.05) is 13.7 Å². The van der Waals surface area contributed by atoms with E-state index in [-0.39, 0.29) is 11.9 Å². The number of carbonyl (C=O) groups excluding carboxylic acids is 1. The molecule has 0 fully saturated rings. The van der Waals surface area contributed by atoms with Crippen LogP contribution in [0.3, 0.4) is 0 Å². The van der Waals surface area contributed by atoms with E-state index in [0.717, 1.165) is 13.1 Å². The molecule has 1 amide bonds. The Balaban J connectivity index is 3.87. The second kappa shape index (κ2) is 5.97. The number of hydrogen-bond acceptors (Lipinski definition) is 3. The fraction of sp³-hybridized carbons (Fsp3) is 0.875. The molecule has 0 aliphatic carbocycles. The normalized spacial score (nSPS) is 13.3. The van der Waals surface area contributed by atoms with Crippen LogP contribution in [0.2, 0.25) is 0 Å². The molecule has 72 valence electrons. The average Bonchev–Trinajstić information content (AvgIpc) is 2.05.